The maximum absolute atomic E-state index is 12.3. The zero-order chi connectivity index (χ0) is 25.2. The number of rotatable bonds is 13. The number of para-hydroxylation sites is 1. The van der Waals surface area contributed by atoms with E-state index in [0.29, 0.717) is 23.6 Å². The number of ether oxygens (including phenoxy) is 1. The maximum Gasteiger partial charge on any atom is 0.266 e. The summed E-state index contributed by atoms with van der Waals surface area (Å²) in [6.45, 7) is 5.81. The standard InChI is InChI=1S/C28H38N4O3/c1-5-31(21-22-12-8-9-13-26(22)30(2)3)18-10-6-7-11-19-32-28(34)17-16-25(29-32)24-15-14-23(35-4)20-27(24)33/h8-9,12-17,20,33H,5-7,10-11,18-19,21H2,1-4H3. The van der Waals surface area contributed by atoms with Crippen molar-refractivity contribution in [2.45, 2.75) is 45.7 Å². The number of aromatic hydroxyl groups is 1. The number of nitrogens with zero attached hydrogens (tertiary/aromatic N) is 4. The summed E-state index contributed by atoms with van der Waals surface area (Å²) in [5.74, 6) is 0.652. The van der Waals surface area contributed by atoms with E-state index in [-0.39, 0.29) is 11.3 Å². The SMILES string of the molecule is CCN(CCCCCCn1nc(-c2ccc(OC)cc2O)ccc1=O)Cc1ccccc1N(C)C. The van der Waals surface area contributed by atoms with Crippen molar-refractivity contribution in [2.24, 2.45) is 0 Å². The molecule has 188 valence electrons. The summed E-state index contributed by atoms with van der Waals surface area (Å²) in [5, 5.41) is 14.8. The van der Waals surface area contributed by atoms with Gasteiger partial charge in [0.15, 0.2) is 0 Å². The molecule has 35 heavy (non-hydrogen) atoms. The highest BCUT2D eigenvalue weighted by Gasteiger charge is 2.10. The van der Waals surface area contributed by atoms with Gasteiger partial charge in [0.05, 0.1) is 12.8 Å². The van der Waals surface area contributed by atoms with Crippen LogP contribution >= 0.6 is 0 Å². The summed E-state index contributed by atoms with van der Waals surface area (Å²) >= 11 is 0. The monoisotopic (exact) mass is 478 g/mol. The average molecular weight is 479 g/mol. The highest BCUT2D eigenvalue weighted by atomic mass is 16.5. The molecule has 0 unspecified atom stereocenters. The second-order valence-electron chi connectivity index (χ2n) is 8.97. The number of aromatic nitrogens is 2. The highest BCUT2D eigenvalue weighted by molar-refractivity contribution is 5.67. The molecule has 1 aromatic heterocycles. The molecule has 0 saturated carbocycles. The molecule has 7 heteroatoms. The van der Waals surface area contributed by atoms with Gasteiger partial charge in [0.1, 0.15) is 11.5 Å². The number of phenols is 1. The number of hydrogen-bond donors (Lipinski definition) is 1. The largest absolute Gasteiger partial charge is 0.507 e. The van der Waals surface area contributed by atoms with E-state index in [9.17, 15) is 9.90 Å². The average Bonchev–Trinajstić information content (AvgIpc) is 2.86. The smallest absolute Gasteiger partial charge is 0.266 e. The van der Waals surface area contributed by atoms with Gasteiger partial charge in [0.2, 0.25) is 0 Å². The Kier molecular flexibility index (Phi) is 9.73. The molecular formula is C28H38N4O3. The van der Waals surface area contributed by atoms with E-state index in [4.69, 9.17) is 4.74 Å². The van der Waals surface area contributed by atoms with Crippen LogP contribution in [-0.4, -0.2) is 54.1 Å². The molecule has 1 heterocycles. The lowest BCUT2D eigenvalue weighted by Gasteiger charge is -2.24. The van der Waals surface area contributed by atoms with E-state index in [2.05, 4.69) is 60.2 Å². The first-order valence-corrected chi connectivity index (χ1v) is 12.4. The first-order valence-electron chi connectivity index (χ1n) is 12.4. The van der Waals surface area contributed by atoms with Crippen LogP contribution in [0.3, 0.4) is 0 Å². The number of benzene rings is 2. The molecule has 0 saturated heterocycles. The third kappa shape index (κ3) is 7.33. The van der Waals surface area contributed by atoms with Crippen LogP contribution in [0.1, 0.15) is 38.2 Å². The minimum absolute atomic E-state index is 0.0794. The van der Waals surface area contributed by atoms with Gasteiger partial charge < -0.3 is 14.7 Å². The lowest BCUT2D eigenvalue weighted by atomic mass is 10.1. The zero-order valence-electron chi connectivity index (χ0n) is 21.4. The molecular weight excluding hydrogens is 440 g/mol. The Bertz CT molecular complexity index is 1140. The topological polar surface area (TPSA) is 70.8 Å². The Morgan fingerprint density at radius 1 is 1.00 bits per heavy atom. The molecule has 0 amide bonds. The van der Waals surface area contributed by atoms with E-state index in [1.165, 1.54) is 22.0 Å². The van der Waals surface area contributed by atoms with Gasteiger partial charge in [0, 0.05) is 50.6 Å². The predicted octanol–water partition coefficient (Wildman–Crippen LogP) is 4.77. The summed E-state index contributed by atoms with van der Waals surface area (Å²) in [6, 6.07) is 16.8. The Morgan fingerprint density at radius 3 is 2.49 bits per heavy atom. The van der Waals surface area contributed by atoms with Crippen molar-refractivity contribution in [3.8, 4) is 22.8 Å². The number of aryl methyl sites for hydroxylation is 1. The van der Waals surface area contributed by atoms with Gasteiger partial charge in [-0.25, -0.2) is 4.68 Å². The normalized spacial score (nSPS) is 11.1. The number of phenolic OH excluding ortho intramolecular Hbond substituents is 1. The Balaban J connectivity index is 1.48. The highest BCUT2D eigenvalue weighted by Crippen LogP contribution is 2.30. The summed E-state index contributed by atoms with van der Waals surface area (Å²) in [7, 11) is 5.73. The van der Waals surface area contributed by atoms with Crippen molar-refractivity contribution >= 4 is 5.69 Å². The van der Waals surface area contributed by atoms with E-state index >= 15 is 0 Å². The Hall–Kier alpha value is -3.32. The third-order valence-electron chi connectivity index (χ3n) is 6.26. The minimum atomic E-state index is -0.126. The van der Waals surface area contributed by atoms with Gasteiger partial charge in [-0.15, -0.1) is 0 Å². The first-order chi connectivity index (χ1) is 16.9. The van der Waals surface area contributed by atoms with Gasteiger partial charge in [-0.1, -0.05) is 38.0 Å². The second kappa shape index (κ2) is 13.0. The lowest BCUT2D eigenvalue weighted by Crippen LogP contribution is -2.25. The second-order valence-corrected chi connectivity index (χ2v) is 8.97. The number of hydrogen-bond acceptors (Lipinski definition) is 6. The molecule has 7 nitrogen and oxygen atoms in total. The summed E-state index contributed by atoms with van der Waals surface area (Å²) in [6.07, 6.45) is 4.16. The van der Waals surface area contributed by atoms with E-state index in [1.807, 2.05) is 0 Å². The number of unbranched alkanes of at least 4 members (excludes halogenated alkanes) is 3. The van der Waals surface area contributed by atoms with Crippen molar-refractivity contribution in [3.63, 3.8) is 0 Å². The van der Waals surface area contributed by atoms with Crippen molar-refractivity contribution in [1.82, 2.24) is 14.7 Å². The molecule has 0 aliphatic rings. The van der Waals surface area contributed by atoms with Gasteiger partial charge in [-0.05, 0) is 55.8 Å². The zero-order valence-corrected chi connectivity index (χ0v) is 21.4. The Labute approximate surface area is 208 Å². The quantitative estimate of drug-likeness (QED) is 0.357. The Morgan fingerprint density at radius 2 is 1.77 bits per heavy atom. The van der Waals surface area contributed by atoms with Crippen molar-refractivity contribution in [3.05, 3.63) is 70.5 Å². The van der Waals surface area contributed by atoms with E-state index in [1.54, 1.807) is 31.4 Å². The van der Waals surface area contributed by atoms with Crippen molar-refractivity contribution in [2.75, 3.05) is 39.2 Å². The first kappa shape index (κ1) is 26.3. The summed E-state index contributed by atoms with van der Waals surface area (Å²) in [5.41, 5.74) is 3.65. The molecule has 0 radical (unpaired) electrons. The van der Waals surface area contributed by atoms with Crippen LogP contribution in [0.15, 0.2) is 59.4 Å². The van der Waals surface area contributed by atoms with Crippen LogP contribution in [0, 0.1) is 0 Å². The van der Waals surface area contributed by atoms with Crippen LogP contribution in [0.2, 0.25) is 0 Å². The van der Waals surface area contributed by atoms with E-state index in [0.717, 1.165) is 45.3 Å². The van der Waals surface area contributed by atoms with Gasteiger partial charge in [-0.3, -0.25) is 9.69 Å². The molecule has 3 aromatic rings. The van der Waals surface area contributed by atoms with E-state index < -0.39 is 0 Å². The maximum atomic E-state index is 12.3. The van der Waals surface area contributed by atoms with Crippen molar-refractivity contribution < 1.29 is 9.84 Å². The fraction of sp³-hybridized carbons (Fsp3) is 0.429. The number of anilines is 1. The fourth-order valence-electron chi connectivity index (χ4n) is 4.23. The summed E-state index contributed by atoms with van der Waals surface area (Å²) in [4.78, 5) is 16.9. The van der Waals surface area contributed by atoms with Crippen LogP contribution in [0.4, 0.5) is 5.69 Å². The lowest BCUT2D eigenvalue weighted by molar-refractivity contribution is 0.272. The number of methoxy groups -OCH3 is 1. The molecule has 2 aromatic carbocycles. The van der Waals surface area contributed by atoms with Crippen LogP contribution < -0.4 is 15.2 Å². The van der Waals surface area contributed by atoms with Gasteiger partial charge in [0.25, 0.3) is 5.56 Å². The van der Waals surface area contributed by atoms with Gasteiger partial charge >= 0.3 is 0 Å². The fourth-order valence-corrected chi connectivity index (χ4v) is 4.23. The molecule has 3 rings (SSSR count). The summed E-state index contributed by atoms with van der Waals surface area (Å²) < 4.78 is 6.64. The molecule has 0 spiro atoms. The predicted molar refractivity (Wildman–Crippen MR) is 142 cm³/mol. The van der Waals surface area contributed by atoms with Gasteiger partial charge in [-0.2, -0.15) is 5.10 Å². The van der Waals surface area contributed by atoms with Crippen molar-refractivity contribution in [1.29, 1.82) is 0 Å². The molecule has 0 atom stereocenters. The molecule has 0 aliphatic carbocycles. The molecule has 1 N–H and O–H groups in total. The minimum Gasteiger partial charge on any atom is -0.507 e. The molecule has 0 fully saturated rings. The van der Waals surface area contributed by atoms with Crippen LogP contribution in [-0.2, 0) is 13.1 Å². The van der Waals surface area contributed by atoms with Crippen LogP contribution in [0.25, 0.3) is 11.3 Å². The molecule has 0 bridgehead atoms. The molecule has 0 aliphatic heterocycles. The van der Waals surface area contributed by atoms with Crippen LogP contribution in [0.5, 0.6) is 11.5 Å². The third-order valence-corrected chi connectivity index (χ3v) is 6.26.